The van der Waals surface area contributed by atoms with E-state index in [0.29, 0.717) is 0 Å². The molecule has 0 radical (unpaired) electrons. The minimum atomic E-state index is -1.26. The average molecular weight is 514 g/mol. The molecule has 4 unspecified atom stereocenters. The first-order valence-corrected chi connectivity index (χ1v) is 11.9. The number of carboxylic acid groups (broad SMARTS) is 1. The van der Waals surface area contributed by atoms with Gasteiger partial charge in [-0.2, -0.15) is 37.9 Å². The van der Waals surface area contributed by atoms with E-state index in [0.717, 1.165) is 16.5 Å². The molecule has 13 heteroatoms. The second-order valence-electron chi connectivity index (χ2n) is 7.24. The van der Waals surface area contributed by atoms with Crippen molar-refractivity contribution in [1.82, 2.24) is 20.9 Å². The molecule has 33 heavy (non-hydrogen) atoms. The Hall–Kier alpha value is -2.35. The third-order valence-corrected chi connectivity index (χ3v) is 5.98. The summed E-state index contributed by atoms with van der Waals surface area (Å²) in [7, 11) is 0. The highest BCUT2D eigenvalue weighted by Gasteiger charge is 2.29. The van der Waals surface area contributed by atoms with E-state index in [2.05, 4.69) is 58.8 Å². The number of aromatic amines is 1. The van der Waals surface area contributed by atoms with Gasteiger partial charge < -0.3 is 31.8 Å². The van der Waals surface area contributed by atoms with Crippen molar-refractivity contribution in [3.8, 4) is 0 Å². The van der Waals surface area contributed by atoms with Gasteiger partial charge in [-0.1, -0.05) is 18.2 Å². The molecule has 0 aliphatic carbocycles. The zero-order chi connectivity index (χ0) is 24.5. The third kappa shape index (κ3) is 7.32. The number of hydrogen-bond acceptors (Lipinski definition) is 8. The van der Waals surface area contributed by atoms with E-state index in [1.165, 1.54) is 0 Å². The predicted molar refractivity (Wildman–Crippen MR) is 135 cm³/mol. The number of hydrogen-bond donors (Lipinski definition) is 9. The molecule has 0 aliphatic heterocycles. The van der Waals surface area contributed by atoms with Crippen molar-refractivity contribution in [3.63, 3.8) is 0 Å². The highest BCUT2D eigenvalue weighted by molar-refractivity contribution is 7.80. The predicted octanol–water partition coefficient (Wildman–Crippen LogP) is -0.634. The SMILES string of the molecule is NC(Cc1c[nH]c2ccccc12)C(=O)NC(CS)C(=O)NC(CS)C(=O)NC(CS)C(=O)O. The van der Waals surface area contributed by atoms with Crippen LogP contribution in [0.2, 0.25) is 0 Å². The van der Waals surface area contributed by atoms with E-state index in [4.69, 9.17) is 10.8 Å². The van der Waals surface area contributed by atoms with Crippen LogP contribution in [-0.2, 0) is 25.6 Å². The summed E-state index contributed by atoms with van der Waals surface area (Å²) < 4.78 is 0. The van der Waals surface area contributed by atoms with Crippen molar-refractivity contribution in [2.24, 2.45) is 5.73 Å². The van der Waals surface area contributed by atoms with Crippen LogP contribution in [0.4, 0.5) is 0 Å². The van der Waals surface area contributed by atoms with Gasteiger partial charge >= 0.3 is 5.97 Å². The Kier molecular flexibility index (Phi) is 10.4. The topological polar surface area (TPSA) is 166 Å². The number of nitrogens with one attached hydrogen (secondary N) is 4. The highest BCUT2D eigenvalue weighted by atomic mass is 32.1. The number of aliphatic carboxylic acids is 1. The first kappa shape index (κ1) is 26.9. The van der Waals surface area contributed by atoms with E-state index in [1.54, 1.807) is 6.20 Å². The highest BCUT2D eigenvalue weighted by Crippen LogP contribution is 2.18. The van der Waals surface area contributed by atoms with E-state index in [9.17, 15) is 19.2 Å². The summed E-state index contributed by atoms with van der Waals surface area (Å²) in [5.74, 6) is -3.49. The van der Waals surface area contributed by atoms with E-state index < -0.39 is 47.9 Å². The molecule has 1 aromatic carbocycles. The molecule has 10 nitrogen and oxygen atoms in total. The summed E-state index contributed by atoms with van der Waals surface area (Å²) >= 11 is 12.0. The molecule has 0 saturated carbocycles. The van der Waals surface area contributed by atoms with Gasteiger partial charge in [-0.15, -0.1) is 0 Å². The summed E-state index contributed by atoms with van der Waals surface area (Å²) in [5.41, 5.74) is 7.84. The van der Waals surface area contributed by atoms with Gasteiger partial charge in [0.25, 0.3) is 0 Å². The summed E-state index contributed by atoms with van der Waals surface area (Å²) in [6.07, 6.45) is 2.03. The molecule has 4 atom stereocenters. The molecular formula is C20H27N5O5S3. The van der Waals surface area contributed by atoms with E-state index >= 15 is 0 Å². The van der Waals surface area contributed by atoms with Gasteiger partial charge in [0.1, 0.15) is 18.1 Å². The lowest BCUT2D eigenvalue weighted by Crippen LogP contribution is -2.58. The third-order valence-electron chi connectivity index (χ3n) is 4.88. The largest absolute Gasteiger partial charge is 0.480 e. The van der Waals surface area contributed by atoms with Crippen molar-refractivity contribution in [1.29, 1.82) is 0 Å². The van der Waals surface area contributed by atoms with E-state index in [1.807, 2.05) is 24.3 Å². The van der Waals surface area contributed by atoms with Crippen LogP contribution in [0.25, 0.3) is 10.9 Å². The lowest BCUT2D eigenvalue weighted by molar-refractivity contribution is -0.141. The van der Waals surface area contributed by atoms with E-state index in [-0.39, 0.29) is 23.7 Å². The number of rotatable bonds is 12. The number of carbonyl (C=O) groups is 4. The van der Waals surface area contributed by atoms with Crippen LogP contribution in [0.1, 0.15) is 5.56 Å². The molecule has 1 aromatic heterocycles. The summed E-state index contributed by atoms with van der Waals surface area (Å²) in [5, 5.41) is 17.3. The lowest BCUT2D eigenvalue weighted by atomic mass is 10.0. The van der Waals surface area contributed by atoms with Crippen LogP contribution in [0.5, 0.6) is 0 Å². The van der Waals surface area contributed by atoms with Gasteiger partial charge in [0.2, 0.25) is 17.7 Å². The molecule has 180 valence electrons. The summed E-state index contributed by atoms with van der Waals surface area (Å²) in [4.78, 5) is 51.7. The molecule has 3 amide bonds. The normalized spacial score (nSPS) is 14.7. The smallest absolute Gasteiger partial charge is 0.327 e. The van der Waals surface area contributed by atoms with Gasteiger partial charge in [0.05, 0.1) is 6.04 Å². The molecule has 0 fully saturated rings. The summed E-state index contributed by atoms with van der Waals surface area (Å²) in [6.45, 7) is 0. The zero-order valence-electron chi connectivity index (χ0n) is 17.5. The van der Waals surface area contributed by atoms with Crippen molar-refractivity contribution < 1.29 is 24.3 Å². The number of carbonyl (C=O) groups excluding carboxylic acids is 3. The summed E-state index contributed by atoms with van der Waals surface area (Å²) in [6, 6.07) is 3.28. The number of para-hydroxylation sites is 1. The van der Waals surface area contributed by atoms with Crippen LogP contribution in [-0.4, -0.2) is 75.2 Å². The van der Waals surface area contributed by atoms with Gasteiger partial charge in [-0.3, -0.25) is 14.4 Å². The minimum Gasteiger partial charge on any atom is -0.480 e. The number of carboxylic acids is 1. The van der Waals surface area contributed by atoms with Crippen LogP contribution in [0, 0.1) is 0 Å². The maximum absolute atomic E-state index is 12.6. The number of benzene rings is 1. The van der Waals surface area contributed by atoms with Gasteiger partial charge in [-0.25, -0.2) is 4.79 Å². The molecule has 0 spiro atoms. The van der Waals surface area contributed by atoms with Crippen molar-refractivity contribution in [3.05, 3.63) is 36.0 Å². The van der Waals surface area contributed by atoms with Gasteiger partial charge in [0, 0.05) is 34.4 Å². The van der Waals surface area contributed by atoms with Crippen molar-refractivity contribution in [2.75, 3.05) is 17.3 Å². The maximum atomic E-state index is 12.6. The Morgan fingerprint density at radius 1 is 0.879 bits per heavy atom. The zero-order valence-corrected chi connectivity index (χ0v) is 20.2. The Morgan fingerprint density at radius 2 is 1.39 bits per heavy atom. The minimum absolute atomic E-state index is 0.0489. The Bertz CT molecular complexity index is 1000. The van der Waals surface area contributed by atoms with Gasteiger partial charge in [0.15, 0.2) is 0 Å². The van der Waals surface area contributed by atoms with Gasteiger partial charge in [-0.05, 0) is 18.1 Å². The standard InChI is InChI=1S/C20H27N5O5S3/c21-12(5-10-6-22-13-4-2-1-3-11(10)13)17(26)23-14(7-31)18(27)24-15(8-32)19(28)25-16(9-33)20(29)30/h1-4,6,12,14-16,22,31-33H,5,7-9,21H2,(H,23,26)(H,24,27)(H,25,28)(H,29,30). The van der Waals surface area contributed by atoms with Crippen LogP contribution < -0.4 is 21.7 Å². The fraction of sp³-hybridized carbons (Fsp3) is 0.400. The van der Waals surface area contributed by atoms with Crippen molar-refractivity contribution in [2.45, 2.75) is 30.6 Å². The number of amides is 3. The maximum Gasteiger partial charge on any atom is 0.327 e. The molecule has 7 N–H and O–H groups in total. The van der Waals surface area contributed by atoms with Crippen molar-refractivity contribution >= 4 is 72.5 Å². The number of nitrogens with two attached hydrogens (primary N) is 1. The molecule has 2 rings (SSSR count). The quantitative estimate of drug-likeness (QED) is 0.171. The fourth-order valence-electron chi connectivity index (χ4n) is 3.03. The number of thiol groups is 3. The fourth-order valence-corrected chi connectivity index (χ4v) is 3.79. The second kappa shape index (κ2) is 12.8. The molecule has 0 saturated heterocycles. The molecule has 0 bridgehead atoms. The van der Waals surface area contributed by atoms with Crippen LogP contribution in [0.15, 0.2) is 30.5 Å². The molecule has 0 aliphatic rings. The number of fused-ring (bicyclic) bond motifs is 1. The Balaban J connectivity index is 1.97. The average Bonchev–Trinajstić information content (AvgIpc) is 3.21. The molecule has 1 heterocycles. The lowest BCUT2D eigenvalue weighted by Gasteiger charge is -2.23. The first-order chi connectivity index (χ1) is 15.7. The monoisotopic (exact) mass is 513 g/mol. The molecule has 2 aromatic rings. The van der Waals surface area contributed by atoms with Crippen LogP contribution in [0.3, 0.4) is 0 Å². The van der Waals surface area contributed by atoms with Crippen LogP contribution >= 0.6 is 37.9 Å². The second-order valence-corrected chi connectivity index (χ2v) is 8.34. The number of aromatic nitrogens is 1. The Morgan fingerprint density at radius 3 is 1.94 bits per heavy atom. The first-order valence-electron chi connectivity index (χ1n) is 9.98. The Labute approximate surface area is 207 Å². The number of H-pyrrole nitrogens is 1. The molecular weight excluding hydrogens is 486 g/mol.